The maximum Gasteiger partial charge on any atom is 0.273 e. The van der Waals surface area contributed by atoms with Crippen molar-refractivity contribution in [2.45, 2.75) is 31.8 Å². The lowest BCUT2D eigenvalue weighted by Crippen LogP contribution is -2.29. The zero-order valence-corrected chi connectivity index (χ0v) is 14.3. The van der Waals surface area contributed by atoms with Crippen LogP contribution in [0.5, 0.6) is 5.75 Å². The fraction of sp³-hybridized carbons (Fsp3) is 0.471. The highest BCUT2D eigenvalue weighted by Gasteiger charge is 2.20. The molecular weight excluding hydrogens is 325 g/mol. The third-order valence-corrected chi connectivity index (χ3v) is 4.45. The Morgan fingerprint density at radius 2 is 2.20 bits per heavy atom. The quantitative estimate of drug-likeness (QED) is 0.863. The summed E-state index contributed by atoms with van der Waals surface area (Å²) >= 11 is 0. The summed E-state index contributed by atoms with van der Waals surface area (Å²) in [5, 5.41) is 14.2. The molecule has 2 N–H and O–H groups in total. The SMILES string of the molecule is COc1ccc([C@H](C)NC(=O)c2cn(C3CCNCC3)nn2)cc1F. The molecule has 1 aromatic heterocycles. The molecule has 7 nitrogen and oxygen atoms in total. The van der Waals surface area contributed by atoms with Crippen LogP contribution in [-0.4, -0.2) is 41.1 Å². The first-order valence-corrected chi connectivity index (χ1v) is 8.35. The molecule has 0 aliphatic carbocycles. The van der Waals surface area contributed by atoms with Crippen molar-refractivity contribution in [2.75, 3.05) is 20.2 Å². The van der Waals surface area contributed by atoms with Gasteiger partial charge in [-0.25, -0.2) is 9.07 Å². The van der Waals surface area contributed by atoms with E-state index < -0.39 is 5.82 Å². The zero-order valence-electron chi connectivity index (χ0n) is 14.3. The van der Waals surface area contributed by atoms with Crippen molar-refractivity contribution in [1.29, 1.82) is 0 Å². The van der Waals surface area contributed by atoms with Crippen LogP contribution in [0, 0.1) is 5.82 Å². The average molecular weight is 347 g/mol. The van der Waals surface area contributed by atoms with Gasteiger partial charge in [0.15, 0.2) is 17.3 Å². The topological polar surface area (TPSA) is 81.1 Å². The van der Waals surface area contributed by atoms with Crippen molar-refractivity contribution in [3.05, 3.63) is 41.5 Å². The van der Waals surface area contributed by atoms with Gasteiger partial charge in [0.1, 0.15) is 0 Å². The van der Waals surface area contributed by atoms with Crippen LogP contribution in [0.1, 0.15) is 47.9 Å². The summed E-state index contributed by atoms with van der Waals surface area (Å²) in [5.41, 5.74) is 0.914. The Labute approximate surface area is 145 Å². The molecule has 0 saturated carbocycles. The lowest BCUT2D eigenvalue weighted by molar-refractivity contribution is 0.0934. The lowest BCUT2D eigenvalue weighted by atomic mass is 10.1. The number of carbonyl (C=O) groups is 1. The summed E-state index contributed by atoms with van der Waals surface area (Å²) in [6.07, 6.45) is 3.60. The molecule has 8 heteroatoms. The number of hydrogen-bond donors (Lipinski definition) is 2. The molecule has 1 fully saturated rings. The van der Waals surface area contributed by atoms with E-state index >= 15 is 0 Å². The van der Waals surface area contributed by atoms with Gasteiger partial charge in [-0.2, -0.15) is 0 Å². The minimum Gasteiger partial charge on any atom is -0.494 e. The molecule has 1 atom stereocenters. The van der Waals surface area contributed by atoms with Crippen LogP contribution < -0.4 is 15.4 Å². The van der Waals surface area contributed by atoms with Crippen LogP contribution in [-0.2, 0) is 0 Å². The van der Waals surface area contributed by atoms with Gasteiger partial charge in [0.25, 0.3) is 5.91 Å². The number of carbonyl (C=O) groups excluding carboxylic acids is 1. The van der Waals surface area contributed by atoms with Gasteiger partial charge in [-0.1, -0.05) is 11.3 Å². The number of piperidine rings is 1. The number of rotatable bonds is 5. The second-order valence-electron chi connectivity index (χ2n) is 6.15. The number of benzene rings is 1. The first kappa shape index (κ1) is 17.3. The molecular formula is C17H22FN5O2. The molecule has 25 heavy (non-hydrogen) atoms. The number of amides is 1. The summed E-state index contributed by atoms with van der Waals surface area (Å²) in [5.74, 6) is -0.617. The first-order valence-electron chi connectivity index (χ1n) is 8.35. The summed E-state index contributed by atoms with van der Waals surface area (Å²) < 4.78 is 20.5. The summed E-state index contributed by atoms with van der Waals surface area (Å²) in [7, 11) is 1.41. The van der Waals surface area contributed by atoms with Crippen LogP contribution in [0.25, 0.3) is 0 Å². The molecule has 0 radical (unpaired) electrons. The fourth-order valence-electron chi connectivity index (χ4n) is 2.94. The molecule has 134 valence electrons. The van der Waals surface area contributed by atoms with E-state index in [1.807, 2.05) is 0 Å². The van der Waals surface area contributed by atoms with Crippen molar-refractivity contribution in [1.82, 2.24) is 25.6 Å². The van der Waals surface area contributed by atoms with Crippen molar-refractivity contribution in [2.24, 2.45) is 0 Å². The van der Waals surface area contributed by atoms with Gasteiger partial charge >= 0.3 is 0 Å². The second kappa shape index (κ2) is 7.60. The molecule has 0 bridgehead atoms. The summed E-state index contributed by atoms with van der Waals surface area (Å²) in [6, 6.07) is 4.52. The average Bonchev–Trinajstić information content (AvgIpc) is 3.12. The molecule has 1 amide bonds. The standard InChI is InChI=1S/C17H22FN5O2/c1-11(12-3-4-16(25-2)14(18)9-12)20-17(24)15-10-23(22-21-15)13-5-7-19-8-6-13/h3-4,9-11,13,19H,5-8H2,1-2H3,(H,20,24)/t11-/m0/s1. The maximum absolute atomic E-state index is 13.8. The monoisotopic (exact) mass is 347 g/mol. The Kier molecular flexibility index (Phi) is 5.28. The highest BCUT2D eigenvalue weighted by atomic mass is 19.1. The smallest absolute Gasteiger partial charge is 0.273 e. The number of aromatic nitrogens is 3. The van der Waals surface area contributed by atoms with E-state index in [1.165, 1.54) is 13.2 Å². The Morgan fingerprint density at radius 1 is 1.44 bits per heavy atom. The molecule has 1 aliphatic heterocycles. The van der Waals surface area contributed by atoms with E-state index in [2.05, 4.69) is 20.9 Å². The van der Waals surface area contributed by atoms with Crippen LogP contribution in [0.2, 0.25) is 0 Å². The van der Waals surface area contributed by atoms with Crippen molar-refractivity contribution >= 4 is 5.91 Å². The Bertz CT molecular complexity index is 742. The molecule has 3 rings (SSSR count). The Hall–Kier alpha value is -2.48. The normalized spacial score (nSPS) is 16.4. The number of hydrogen-bond acceptors (Lipinski definition) is 5. The van der Waals surface area contributed by atoms with Crippen molar-refractivity contribution < 1.29 is 13.9 Å². The number of halogens is 1. The molecule has 1 saturated heterocycles. The third-order valence-electron chi connectivity index (χ3n) is 4.45. The fourth-order valence-corrected chi connectivity index (χ4v) is 2.94. The maximum atomic E-state index is 13.8. The summed E-state index contributed by atoms with van der Waals surface area (Å²) in [6.45, 7) is 3.66. The van der Waals surface area contributed by atoms with Gasteiger partial charge in [-0.3, -0.25) is 4.79 Å². The Balaban J connectivity index is 1.65. The van der Waals surface area contributed by atoms with E-state index in [0.29, 0.717) is 5.56 Å². The van der Waals surface area contributed by atoms with Crippen LogP contribution in [0.4, 0.5) is 4.39 Å². The molecule has 1 aromatic carbocycles. The van der Waals surface area contributed by atoms with Crippen LogP contribution in [0.15, 0.2) is 24.4 Å². The van der Waals surface area contributed by atoms with Crippen LogP contribution in [0.3, 0.4) is 0 Å². The summed E-state index contributed by atoms with van der Waals surface area (Å²) in [4.78, 5) is 12.4. The van der Waals surface area contributed by atoms with E-state index in [0.717, 1.165) is 25.9 Å². The number of nitrogens with one attached hydrogen (secondary N) is 2. The number of nitrogens with zero attached hydrogens (tertiary/aromatic N) is 3. The molecule has 0 spiro atoms. The number of ether oxygens (including phenoxy) is 1. The lowest BCUT2D eigenvalue weighted by Gasteiger charge is -2.22. The van der Waals surface area contributed by atoms with Crippen LogP contribution >= 0.6 is 0 Å². The zero-order chi connectivity index (χ0) is 17.8. The minimum atomic E-state index is -0.460. The van der Waals surface area contributed by atoms with E-state index in [9.17, 15) is 9.18 Å². The van der Waals surface area contributed by atoms with Gasteiger partial charge in [0, 0.05) is 0 Å². The first-order chi connectivity index (χ1) is 12.1. The van der Waals surface area contributed by atoms with Gasteiger partial charge in [0.05, 0.1) is 25.4 Å². The minimum absolute atomic E-state index is 0.173. The highest BCUT2D eigenvalue weighted by molar-refractivity contribution is 5.92. The van der Waals surface area contributed by atoms with E-state index in [1.54, 1.807) is 29.9 Å². The van der Waals surface area contributed by atoms with E-state index in [4.69, 9.17) is 4.74 Å². The van der Waals surface area contributed by atoms with Gasteiger partial charge < -0.3 is 15.4 Å². The molecule has 2 heterocycles. The van der Waals surface area contributed by atoms with Gasteiger partial charge in [0.2, 0.25) is 0 Å². The Morgan fingerprint density at radius 3 is 2.88 bits per heavy atom. The largest absolute Gasteiger partial charge is 0.494 e. The van der Waals surface area contributed by atoms with Gasteiger partial charge in [-0.15, -0.1) is 5.10 Å². The highest BCUT2D eigenvalue weighted by Crippen LogP contribution is 2.22. The van der Waals surface area contributed by atoms with Crippen molar-refractivity contribution in [3.63, 3.8) is 0 Å². The van der Waals surface area contributed by atoms with Gasteiger partial charge in [-0.05, 0) is 50.6 Å². The molecule has 1 aliphatic rings. The second-order valence-corrected chi connectivity index (χ2v) is 6.15. The van der Waals surface area contributed by atoms with Crippen molar-refractivity contribution in [3.8, 4) is 5.75 Å². The number of methoxy groups -OCH3 is 1. The predicted molar refractivity (Wildman–Crippen MR) is 90.0 cm³/mol. The predicted octanol–water partition coefficient (Wildman–Crippen LogP) is 1.84. The molecule has 0 unspecified atom stereocenters. The molecule has 2 aromatic rings. The third kappa shape index (κ3) is 3.96. The van der Waals surface area contributed by atoms with E-state index in [-0.39, 0.29) is 29.4 Å².